The average Bonchev–Trinajstić information content (AvgIpc) is 2.84. The van der Waals surface area contributed by atoms with Gasteiger partial charge in [-0.05, 0) is 32.6 Å². The second-order valence-corrected chi connectivity index (χ2v) is 7.36. The molecule has 0 aromatic carbocycles. The Morgan fingerprint density at radius 1 is 1.33 bits per heavy atom. The molecule has 21 heavy (non-hydrogen) atoms. The zero-order chi connectivity index (χ0) is 15.8. The van der Waals surface area contributed by atoms with Crippen LogP contribution in [0.25, 0.3) is 0 Å². The van der Waals surface area contributed by atoms with E-state index in [4.69, 9.17) is 4.74 Å². The Hall–Kier alpha value is -1.10. The highest BCUT2D eigenvalue weighted by Gasteiger charge is 2.53. The van der Waals surface area contributed by atoms with Gasteiger partial charge in [-0.25, -0.2) is 0 Å². The van der Waals surface area contributed by atoms with Gasteiger partial charge in [0.2, 0.25) is 11.8 Å². The normalized spacial score (nSPS) is 25.8. The number of nitrogens with zero attached hydrogens (tertiary/aromatic N) is 1. The molecule has 1 heterocycles. The van der Waals surface area contributed by atoms with Crippen LogP contribution in [0.2, 0.25) is 0 Å². The lowest BCUT2D eigenvalue weighted by atomic mass is 9.86. The highest BCUT2D eigenvalue weighted by Crippen LogP contribution is 2.36. The van der Waals surface area contributed by atoms with Gasteiger partial charge in [0, 0.05) is 7.11 Å². The second kappa shape index (κ2) is 5.59. The number of methoxy groups -OCH3 is 1. The third-order valence-electron chi connectivity index (χ3n) is 4.83. The van der Waals surface area contributed by atoms with Gasteiger partial charge in [0.15, 0.2) is 0 Å². The number of amides is 2. The summed E-state index contributed by atoms with van der Waals surface area (Å²) in [5, 5.41) is 3.04. The van der Waals surface area contributed by atoms with Crippen molar-refractivity contribution in [1.29, 1.82) is 0 Å². The number of hydrogen-bond donors (Lipinski definition) is 1. The Labute approximate surface area is 127 Å². The van der Waals surface area contributed by atoms with Crippen LogP contribution >= 0.6 is 0 Å². The Morgan fingerprint density at radius 3 is 2.38 bits per heavy atom. The smallest absolute Gasteiger partial charge is 0.249 e. The van der Waals surface area contributed by atoms with E-state index < -0.39 is 17.2 Å². The van der Waals surface area contributed by atoms with E-state index in [1.807, 2.05) is 27.7 Å². The van der Waals surface area contributed by atoms with Gasteiger partial charge < -0.3 is 15.0 Å². The van der Waals surface area contributed by atoms with Crippen LogP contribution in [-0.4, -0.2) is 47.6 Å². The number of nitrogens with one attached hydrogen (secondary N) is 1. The maximum atomic E-state index is 13.1. The fourth-order valence-corrected chi connectivity index (χ4v) is 3.53. The quantitative estimate of drug-likeness (QED) is 0.859. The number of carbonyl (C=O) groups excluding carboxylic acids is 2. The molecule has 1 spiro atoms. The third-order valence-corrected chi connectivity index (χ3v) is 4.83. The zero-order valence-electron chi connectivity index (χ0n) is 13.9. The van der Waals surface area contributed by atoms with E-state index in [1.165, 1.54) is 0 Å². The molecule has 1 saturated heterocycles. The van der Waals surface area contributed by atoms with Gasteiger partial charge in [0.05, 0.1) is 12.1 Å². The van der Waals surface area contributed by atoms with Crippen LogP contribution in [0.5, 0.6) is 0 Å². The molecular formula is C16H28N2O3. The van der Waals surface area contributed by atoms with E-state index in [-0.39, 0.29) is 17.7 Å². The molecule has 1 N–H and O–H groups in total. The highest BCUT2D eigenvalue weighted by atomic mass is 16.5. The number of carbonyl (C=O) groups is 2. The van der Waals surface area contributed by atoms with Crippen molar-refractivity contribution in [3.05, 3.63) is 0 Å². The maximum absolute atomic E-state index is 13.1. The summed E-state index contributed by atoms with van der Waals surface area (Å²) in [4.78, 5) is 27.4. The van der Waals surface area contributed by atoms with E-state index in [9.17, 15) is 9.59 Å². The van der Waals surface area contributed by atoms with Crippen molar-refractivity contribution in [3.63, 3.8) is 0 Å². The number of ether oxygens (including phenoxy) is 1. The molecular weight excluding hydrogens is 268 g/mol. The summed E-state index contributed by atoms with van der Waals surface area (Å²) in [6.07, 6.45) is 3.51. The lowest BCUT2D eigenvalue weighted by molar-refractivity contribution is -0.160. The Balaban J connectivity index is 2.33. The van der Waals surface area contributed by atoms with Crippen LogP contribution in [0.3, 0.4) is 0 Å². The Bertz CT molecular complexity index is 425. The maximum Gasteiger partial charge on any atom is 0.249 e. The molecule has 0 aromatic heterocycles. The summed E-state index contributed by atoms with van der Waals surface area (Å²) in [6, 6.07) is -0.404. The minimum atomic E-state index is -0.660. The van der Waals surface area contributed by atoms with E-state index in [2.05, 4.69) is 5.32 Å². The molecule has 1 aliphatic carbocycles. The molecule has 5 nitrogen and oxygen atoms in total. The van der Waals surface area contributed by atoms with Gasteiger partial charge in [-0.15, -0.1) is 0 Å². The van der Waals surface area contributed by atoms with Crippen molar-refractivity contribution >= 4 is 11.8 Å². The third kappa shape index (κ3) is 2.93. The van der Waals surface area contributed by atoms with Crippen LogP contribution in [0, 0.1) is 5.92 Å². The first kappa shape index (κ1) is 16.3. The summed E-state index contributed by atoms with van der Waals surface area (Å²) in [5.74, 6) is 0.141. The first-order chi connectivity index (χ1) is 9.72. The van der Waals surface area contributed by atoms with Gasteiger partial charge in [-0.1, -0.05) is 26.7 Å². The minimum Gasteiger partial charge on any atom is -0.377 e. The monoisotopic (exact) mass is 296 g/mol. The predicted molar refractivity (Wildman–Crippen MR) is 80.8 cm³/mol. The number of piperazine rings is 1. The summed E-state index contributed by atoms with van der Waals surface area (Å²) >= 11 is 0. The summed E-state index contributed by atoms with van der Waals surface area (Å²) in [6.45, 7) is 8.31. The minimum absolute atomic E-state index is 0.0154. The van der Waals surface area contributed by atoms with Crippen LogP contribution in [-0.2, 0) is 14.3 Å². The number of rotatable bonds is 4. The van der Waals surface area contributed by atoms with Gasteiger partial charge in [0.1, 0.15) is 11.6 Å². The van der Waals surface area contributed by atoms with Crippen molar-refractivity contribution < 1.29 is 14.3 Å². The average molecular weight is 296 g/mol. The lowest BCUT2D eigenvalue weighted by Crippen LogP contribution is -2.71. The Morgan fingerprint density at radius 2 is 1.90 bits per heavy atom. The molecule has 0 aromatic rings. The molecule has 2 aliphatic rings. The van der Waals surface area contributed by atoms with Crippen LogP contribution in [0.15, 0.2) is 0 Å². The van der Waals surface area contributed by atoms with Crippen LogP contribution < -0.4 is 5.32 Å². The zero-order valence-corrected chi connectivity index (χ0v) is 13.9. The second-order valence-electron chi connectivity index (χ2n) is 7.36. The lowest BCUT2D eigenvalue weighted by Gasteiger charge is -2.47. The largest absolute Gasteiger partial charge is 0.377 e. The fraction of sp³-hybridized carbons (Fsp3) is 0.875. The van der Waals surface area contributed by atoms with Crippen molar-refractivity contribution in [2.24, 2.45) is 5.92 Å². The fourth-order valence-electron chi connectivity index (χ4n) is 3.53. The topological polar surface area (TPSA) is 58.6 Å². The molecule has 1 unspecified atom stereocenters. The number of hydrogen-bond acceptors (Lipinski definition) is 3. The van der Waals surface area contributed by atoms with Gasteiger partial charge >= 0.3 is 0 Å². The molecule has 5 heteroatoms. The van der Waals surface area contributed by atoms with Crippen LogP contribution in [0.1, 0.15) is 53.4 Å². The molecule has 2 amide bonds. The van der Waals surface area contributed by atoms with Crippen molar-refractivity contribution in [3.8, 4) is 0 Å². The SMILES string of the molecule is COC(C)(C)CN1C(=O)C2(CCCC2)NC(=O)C1C(C)C. The highest BCUT2D eigenvalue weighted by molar-refractivity contribution is 6.00. The molecule has 0 bridgehead atoms. The Kier molecular flexibility index (Phi) is 4.34. The summed E-state index contributed by atoms with van der Waals surface area (Å²) < 4.78 is 5.48. The molecule has 2 fully saturated rings. The molecule has 1 atom stereocenters. The van der Waals surface area contributed by atoms with Gasteiger partial charge in [0.25, 0.3) is 0 Å². The first-order valence-electron chi connectivity index (χ1n) is 7.91. The van der Waals surface area contributed by atoms with E-state index in [0.717, 1.165) is 25.7 Å². The van der Waals surface area contributed by atoms with Crippen molar-refractivity contribution in [2.75, 3.05) is 13.7 Å². The predicted octanol–water partition coefficient (Wildman–Crippen LogP) is 1.71. The first-order valence-corrected chi connectivity index (χ1v) is 7.91. The standard InChI is InChI=1S/C16H28N2O3/c1-11(2)12-13(19)17-16(8-6-7-9-16)14(20)18(12)10-15(3,4)21-5/h11-12H,6-10H2,1-5H3,(H,17,19). The van der Waals surface area contributed by atoms with E-state index in [1.54, 1.807) is 12.0 Å². The molecule has 2 rings (SSSR count). The summed E-state index contributed by atoms with van der Waals surface area (Å²) in [7, 11) is 1.64. The van der Waals surface area contributed by atoms with Crippen LogP contribution in [0.4, 0.5) is 0 Å². The van der Waals surface area contributed by atoms with E-state index in [0.29, 0.717) is 6.54 Å². The molecule has 0 radical (unpaired) electrons. The molecule has 120 valence electrons. The summed E-state index contributed by atoms with van der Waals surface area (Å²) in [5.41, 5.74) is -1.12. The van der Waals surface area contributed by atoms with Gasteiger partial charge in [-0.2, -0.15) is 0 Å². The van der Waals surface area contributed by atoms with Gasteiger partial charge in [-0.3, -0.25) is 9.59 Å². The molecule has 1 saturated carbocycles. The molecule has 1 aliphatic heterocycles. The van der Waals surface area contributed by atoms with Crippen molar-refractivity contribution in [2.45, 2.75) is 70.6 Å². The van der Waals surface area contributed by atoms with E-state index >= 15 is 0 Å². The van der Waals surface area contributed by atoms with Crippen molar-refractivity contribution in [1.82, 2.24) is 10.2 Å².